The summed E-state index contributed by atoms with van der Waals surface area (Å²) < 4.78 is 51.3. The molecule has 0 bridgehead atoms. The summed E-state index contributed by atoms with van der Waals surface area (Å²) in [5, 5.41) is 0.392. The highest BCUT2D eigenvalue weighted by Gasteiger charge is 2.34. The lowest BCUT2D eigenvalue weighted by Crippen LogP contribution is -2.38. The lowest BCUT2D eigenvalue weighted by atomic mass is 10.1. The molecule has 2 aromatic rings. The minimum Gasteiger partial charge on any atom is -0.454 e. The number of benzene rings is 1. The lowest BCUT2D eigenvalue weighted by Gasteiger charge is -2.30. The maximum atomic E-state index is 13.6. The third kappa shape index (κ3) is 4.43. The van der Waals surface area contributed by atoms with Crippen LogP contribution in [0.15, 0.2) is 23.2 Å². The van der Waals surface area contributed by atoms with E-state index < -0.39 is 11.7 Å². The number of pyridine rings is 1. The van der Waals surface area contributed by atoms with Gasteiger partial charge in [0.05, 0.1) is 16.1 Å². The van der Waals surface area contributed by atoms with Crippen LogP contribution in [-0.2, 0) is 6.18 Å². The number of ether oxygens (including phenoxy) is 2. The second-order valence-corrected chi connectivity index (χ2v) is 8.12. The van der Waals surface area contributed by atoms with E-state index in [4.69, 9.17) is 9.47 Å². The van der Waals surface area contributed by atoms with Gasteiger partial charge in [-0.2, -0.15) is 13.2 Å². The van der Waals surface area contributed by atoms with Crippen LogP contribution in [0.25, 0.3) is 10.9 Å². The van der Waals surface area contributed by atoms with Gasteiger partial charge >= 0.3 is 6.18 Å². The second kappa shape index (κ2) is 7.75. The van der Waals surface area contributed by atoms with Crippen molar-refractivity contribution >= 4 is 22.7 Å². The van der Waals surface area contributed by atoms with Crippen LogP contribution in [0, 0.1) is 0 Å². The number of rotatable bonds is 6. The smallest absolute Gasteiger partial charge is 0.417 e. The van der Waals surface area contributed by atoms with Gasteiger partial charge in [0, 0.05) is 35.8 Å². The summed E-state index contributed by atoms with van der Waals surface area (Å²) in [6, 6.07) is 4.76. The maximum Gasteiger partial charge on any atom is 0.417 e. The number of hydrogen-bond donors (Lipinski definition) is 0. The number of hydrogen-bond acceptors (Lipinski definition) is 5. The van der Waals surface area contributed by atoms with Gasteiger partial charge in [-0.3, -0.25) is 4.90 Å². The van der Waals surface area contributed by atoms with Crippen LogP contribution in [0.4, 0.5) is 13.2 Å². The Balaban J connectivity index is 1.89. The van der Waals surface area contributed by atoms with E-state index in [1.807, 2.05) is 0 Å². The molecule has 0 saturated carbocycles. The van der Waals surface area contributed by atoms with Crippen molar-refractivity contribution in [2.75, 3.05) is 19.1 Å². The summed E-state index contributed by atoms with van der Waals surface area (Å²) in [6.45, 7) is 9.25. The van der Waals surface area contributed by atoms with Crippen molar-refractivity contribution in [3.63, 3.8) is 0 Å². The molecule has 4 nitrogen and oxygen atoms in total. The van der Waals surface area contributed by atoms with E-state index in [1.165, 1.54) is 23.9 Å². The first-order valence-corrected chi connectivity index (χ1v) is 9.85. The molecule has 0 aliphatic carbocycles. The zero-order chi connectivity index (χ0) is 19.8. The van der Waals surface area contributed by atoms with E-state index in [2.05, 4.69) is 37.6 Å². The van der Waals surface area contributed by atoms with Gasteiger partial charge in [0.25, 0.3) is 0 Å². The number of alkyl halides is 3. The summed E-state index contributed by atoms with van der Waals surface area (Å²) in [5.41, 5.74) is -0.431. The molecule has 27 heavy (non-hydrogen) atoms. The average Bonchev–Trinajstić information content (AvgIpc) is 3.01. The fraction of sp³-hybridized carbons (Fsp3) is 0.526. The Morgan fingerprint density at radius 2 is 1.70 bits per heavy atom. The Bertz CT molecular complexity index is 817. The maximum absolute atomic E-state index is 13.6. The van der Waals surface area contributed by atoms with Crippen LogP contribution in [0.1, 0.15) is 33.3 Å². The van der Waals surface area contributed by atoms with Crippen LogP contribution >= 0.6 is 11.8 Å². The number of thioether (sulfide) groups is 1. The standard InChI is InChI=1S/C19H23F3N2O2S/c1-11(2)24(12(3)4)5-6-27-18-8-14(19(20,21)22)13-7-16-17(26-10-25-16)9-15(13)23-18/h7-9,11-12H,5-6,10H2,1-4H3. The van der Waals surface area contributed by atoms with Gasteiger partial charge in [0.1, 0.15) is 0 Å². The van der Waals surface area contributed by atoms with E-state index in [0.29, 0.717) is 34.4 Å². The molecular weight excluding hydrogens is 377 g/mol. The fourth-order valence-corrected chi connectivity index (χ4v) is 4.14. The molecule has 8 heteroatoms. The first-order chi connectivity index (χ1) is 12.7. The van der Waals surface area contributed by atoms with E-state index >= 15 is 0 Å². The highest BCUT2D eigenvalue weighted by Crippen LogP contribution is 2.42. The van der Waals surface area contributed by atoms with Crippen molar-refractivity contribution < 1.29 is 22.6 Å². The van der Waals surface area contributed by atoms with Gasteiger partial charge in [-0.05, 0) is 39.8 Å². The molecule has 0 N–H and O–H groups in total. The quantitative estimate of drug-likeness (QED) is 0.623. The normalized spacial score (nSPS) is 14.1. The Hall–Kier alpha value is -1.67. The Morgan fingerprint density at radius 1 is 1.07 bits per heavy atom. The Labute approximate surface area is 161 Å². The van der Waals surface area contributed by atoms with Crippen molar-refractivity contribution in [2.45, 2.75) is 51.0 Å². The van der Waals surface area contributed by atoms with Gasteiger partial charge in [0.2, 0.25) is 6.79 Å². The molecular formula is C19H23F3N2O2S. The van der Waals surface area contributed by atoms with Gasteiger partial charge in [-0.15, -0.1) is 11.8 Å². The van der Waals surface area contributed by atoms with Crippen LogP contribution in [0.5, 0.6) is 11.5 Å². The molecule has 148 valence electrons. The first kappa shape index (κ1) is 20.1. The van der Waals surface area contributed by atoms with Crippen molar-refractivity contribution in [1.29, 1.82) is 0 Å². The topological polar surface area (TPSA) is 34.6 Å². The largest absolute Gasteiger partial charge is 0.454 e. The van der Waals surface area contributed by atoms with Crippen LogP contribution in [0.2, 0.25) is 0 Å². The Kier molecular flexibility index (Phi) is 5.76. The summed E-state index contributed by atoms with van der Waals surface area (Å²) in [5.74, 6) is 1.41. The average molecular weight is 400 g/mol. The minimum atomic E-state index is -4.47. The molecule has 0 amide bonds. The van der Waals surface area contributed by atoms with Crippen molar-refractivity contribution in [2.24, 2.45) is 0 Å². The number of fused-ring (bicyclic) bond motifs is 2. The zero-order valence-corrected chi connectivity index (χ0v) is 16.6. The Morgan fingerprint density at radius 3 is 2.30 bits per heavy atom. The summed E-state index contributed by atoms with van der Waals surface area (Å²) in [6.07, 6.45) is -4.47. The minimum absolute atomic E-state index is 0.00878. The van der Waals surface area contributed by atoms with Crippen molar-refractivity contribution in [3.05, 3.63) is 23.8 Å². The van der Waals surface area contributed by atoms with Crippen LogP contribution < -0.4 is 9.47 Å². The highest BCUT2D eigenvalue weighted by molar-refractivity contribution is 7.99. The summed E-state index contributed by atoms with van der Waals surface area (Å²) in [4.78, 5) is 6.72. The second-order valence-electron chi connectivity index (χ2n) is 7.00. The number of halogens is 3. The molecule has 1 aromatic carbocycles. The van der Waals surface area contributed by atoms with Crippen LogP contribution in [-0.4, -0.2) is 41.1 Å². The van der Waals surface area contributed by atoms with E-state index in [9.17, 15) is 13.2 Å². The molecule has 0 unspecified atom stereocenters. The molecule has 1 aliphatic heterocycles. The fourth-order valence-electron chi connectivity index (χ4n) is 3.27. The lowest BCUT2D eigenvalue weighted by molar-refractivity contribution is -0.136. The number of nitrogens with zero attached hydrogens (tertiary/aromatic N) is 2. The SMILES string of the molecule is CC(C)N(CCSc1cc(C(F)(F)F)c2cc3c(cc2n1)OCO3)C(C)C. The molecule has 1 aromatic heterocycles. The monoisotopic (exact) mass is 400 g/mol. The van der Waals surface area contributed by atoms with E-state index in [1.54, 1.807) is 0 Å². The predicted octanol–water partition coefficient (Wildman–Crippen LogP) is 5.19. The van der Waals surface area contributed by atoms with Gasteiger partial charge in [-0.25, -0.2) is 4.98 Å². The van der Waals surface area contributed by atoms with E-state index in [-0.39, 0.29) is 17.7 Å². The summed E-state index contributed by atoms with van der Waals surface area (Å²) >= 11 is 1.34. The van der Waals surface area contributed by atoms with E-state index in [0.717, 1.165) is 12.6 Å². The van der Waals surface area contributed by atoms with Crippen molar-refractivity contribution in [3.8, 4) is 11.5 Å². The predicted molar refractivity (Wildman–Crippen MR) is 101 cm³/mol. The zero-order valence-electron chi connectivity index (χ0n) is 15.8. The summed E-state index contributed by atoms with van der Waals surface area (Å²) in [7, 11) is 0. The number of aromatic nitrogens is 1. The van der Waals surface area contributed by atoms with Crippen molar-refractivity contribution in [1.82, 2.24) is 9.88 Å². The molecule has 3 rings (SSSR count). The third-order valence-corrected chi connectivity index (χ3v) is 5.40. The van der Waals surface area contributed by atoms with Gasteiger partial charge in [0.15, 0.2) is 11.5 Å². The molecule has 0 radical (unpaired) electrons. The molecule has 0 fully saturated rings. The molecule has 0 saturated heterocycles. The van der Waals surface area contributed by atoms with Gasteiger partial charge in [-0.1, -0.05) is 0 Å². The molecule has 2 heterocycles. The highest BCUT2D eigenvalue weighted by atomic mass is 32.2. The molecule has 0 atom stereocenters. The third-order valence-electron chi connectivity index (χ3n) is 4.51. The molecule has 1 aliphatic rings. The van der Waals surface area contributed by atoms with Crippen LogP contribution in [0.3, 0.4) is 0 Å². The van der Waals surface area contributed by atoms with Gasteiger partial charge < -0.3 is 9.47 Å². The molecule has 0 spiro atoms. The first-order valence-electron chi connectivity index (χ1n) is 8.87.